The van der Waals surface area contributed by atoms with E-state index in [1.54, 1.807) is 51.1 Å². The van der Waals surface area contributed by atoms with Crippen LogP contribution in [0.1, 0.15) is 36.7 Å². The van der Waals surface area contributed by atoms with Gasteiger partial charge < -0.3 is 9.47 Å². The standard InChI is InChI=1S/C15H18O4/c1-4-18-14(16)11(3)10-12-8-6-7-9-13(12)15(17)19-5-2/h6-10H,4-5H2,1-3H3. The van der Waals surface area contributed by atoms with Crippen molar-refractivity contribution in [2.24, 2.45) is 0 Å². The molecule has 0 amide bonds. The quantitative estimate of drug-likeness (QED) is 0.605. The SMILES string of the molecule is CCOC(=O)C(C)=Cc1ccccc1C(=O)OCC. The van der Waals surface area contributed by atoms with Crippen LogP contribution in [0.15, 0.2) is 29.8 Å². The summed E-state index contributed by atoms with van der Waals surface area (Å²) in [7, 11) is 0. The van der Waals surface area contributed by atoms with E-state index in [2.05, 4.69) is 0 Å². The van der Waals surface area contributed by atoms with Crippen LogP contribution < -0.4 is 0 Å². The van der Waals surface area contributed by atoms with Crippen molar-refractivity contribution in [3.63, 3.8) is 0 Å². The van der Waals surface area contributed by atoms with Gasteiger partial charge in [-0.15, -0.1) is 0 Å². The molecule has 1 aromatic carbocycles. The minimum atomic E-state index is -0.397. The van der Waals surface area contributed by atoms with Gasteiger partial charge in [0.15, 0.2) is 0 Å². The average molecular weight is 262 g/mol. The number of carbonyl (C=O) groups excluding carboxylic acids is 2. The normalized spacial score (nSPS) is 11.0. The lowest BCUT2D eigenvalue weighted by Gasteiger charge is -2.06. The smallest absolute Gasteiger partial charge is 0.338 e. The van der Waals surface area contributed by atoms with Crippen molar-refractivity contribution in [3.05, 3.63) is 41.0 Å². The van der Waals surface area contributed by atoms with Gasteiger partial charge >= 0.3 is 11.9 Å². The summed E-state index contributed by atoms with van der Waals surface area (Å²) in [5.74, 6) is -0.785. The molecule has 0 saturated carbocycles. The van der Waals surface area contributed by atoms with Gasteiger partial charge in [0.25, 0.3) is 0 Å². The Balaban J connectivity index is 3.04. The van der Waals surface area contributed by atoms with Gasteiger partial charge in [-0.1, -0.05) is 18.2 Å². The first-order chi connectivity index (χ1) is 9.10. The zero-order valence-electron chi connectivity index (χ0n) is 11.4. The Morgan fingerprint density at radius 3 is 2.37 bits per heavy atom. The number of carbonyl (C=O) groups is 2. The van der Waals surface area contributed by atoms with Crippen molar-refractivity contribution < 1.29 is 19.1 Å². The number of esters is 2. The van der Waals surface area contributed by atoms with Crippen molar-refractivity contribution in [3.8, 4) is 0 Å². The molecule has 0 aliphatic heterocycles. The first kappa shape index (κ1) is 15.0. The minimum absolute atomic E-state index is 0.313. The molecule has 0 aliphatic carbocycles. The van der Waals surface area contributed by atoms with Crippen LogP contribution in [0.25, 0.3) is 6.08 Å². The third-order valence-corrected chi connectivity index (χ3v) is 2.43. The predicted molar refractivity (Wildman–Crippen MR) is 72.7 cm³/mol. The molecule has 0 saturated heterocycles. The van der Waals surface area contributed by atoms with Gasteiger partial charge in [-0.05, 0) is 38.5 Å². The van der Waals surface area contributed by atoms with Crippen LogP contribution in [0.5, 0.6) is 0 Å². The van der Waals surface area contributed by atoms with E-state index in [1.165, 1.54) is 0 Å². The van der Waals surface area contributed by atoms with E-state index in [4.69, 9.17) is 9.47 Å². The summed E-state index contributed by atoms with van der Waals surface area (Å²) in [6, 6.07) is 6.98. The zero-order chi connectivity index (χ0) is 14.3. The summed E-state index contributed by atoms with van der Waals surface area (Å²) in [6.07, 6.45) is 1.63. The highest BCUT2D eigenvalue weighted by atomic mass is 16.5. The third-order valence-electron chi connectivity index (χ3n) is 2.43. The Hall–Kier alpha value is -2.10. The first-order valence-electron chi connectivity index (χ1n) is 6.21. The van der Waals surface area contributed by atoms with E-state index in [0.29, 0.717) is 29.9 Å². The van der Waals surface area contributed by atoms with Crippen LogP contribution in [0.2, 0.25) is 0 Å². The molecule has 0 heterocycles. The minimum Gasteiger partial charge on any atom is -0.463 e. The maximum absolute atomic E-state index is 11.8. The number of ether oxygens (including phenoxy) is 2. The maximum Gasteiger partial charge on any atom is 0.338 e. The molecule has 0 aromatic heterocycles. The van der Waals surface area contributed by atoms with E-state index >= 15 is 0 Å². The Bertz CT molecular complexity index is 489. The van der Waals surface area contributed by atoms with E-state index < -0.39 is 5.97 Å². The lowest BCUT2D eigenvalue weighted by atomic mass is 10.1. The van der Waals surface area contributed by atoms with Gasteiger partial charge in [0.1, 0.15) is 0 Å². The molecule has 0 fully saturated rings. The van der Waals surface area contributed by atoms with E-state index in [0.717, 1.165) is 0 Å². The molecule has 0 spiro atoms. The second-order valence-corrected chi connectivity index (χ2v) is 3.86. The topological polar surface area (TPSA) is 52.6 Å². The molecule has 102 valence electrons. The Morgan fingerprint density at radius 1 is 1.11 bits per heavy atom. The van der Waals surface area contributed by atoms with Crippen molar-refractivity contribution >= 4 is 18.0 Å². The fourth-order valence-corrected chi connectivity index (χ4v) is 1.55. The average Bonchev–Trinajstić information content (AvgIpc) is 2.39. The molecule has 4 heteroatoms. The molecular formula is C15H18O4. The van der Waals surface area contributed by atoms with Gasteiger partial charge in [0.2, 0.25) is 0 Å². The monoisotopic (exact) mass is 262 g/mol. The number of hydrogen-bond donors (Lipinski definition) is 0. The van der Waals surface area contributed by atoms with Crippen LogP contribution in [-0.2, 0) is 14.3 Å². The Morgan fingerprint density at radius 2 is 1.74 bits per heavy atom. The van der Waals surface area contributed by atoms with Gasteiger partial charge in [-0.3, -0.25) is 0 Å². The van der Waals surface area contributed by atoms with Gasteiger partial charge in [0.05, 0.1) is 18.8 Å². The fourth-order valence-electron chi connectivity index (χ4n) is 1.55. The summed E-state index contributed by atoms with van der Waals surface area (Å²) < 4.78 is 9.87. The molecule has 0 radical (unpaired) electrons. The zero-order valence-corrected chi connectivity index (χ0v) is 11.4. The predicted octanol–water partition coefficient (Wildman–Crippen LogP) is 2.83. The van der Waals surface area contributed by atoms with Crippen LogP contribution in [0.3, 0.4) is 0 Å². The van der Waals surface area contributed by atoms with E-state index in [-0.39, 0.29) is 5.97 Å². The summed E-state index contributed by atoms with van der Waals surface area (Å²) >= 11 is 0. The number of hydrogen-bond acceptors (Lipinski definition) is 4. The highest BCUT2D eigenvalue weighted by molar-refractivity contribution is 5.98. The molecule has 0 unspecified atom stereocenters. The van der Waals surface area contributed by atoms with Crippen molar-refractivity contribution in [2.45, 2.75) is 20.8 Å². The van der Waals surface area contributed by atoms with E-state index in [9.17, 15) is 9.59 Å². The Labute approximate surface area is 113 Å². The second-order valence-electron chi connectivity index (χ2n) is 3.86. The van der Waals surface area contributed by atoms with Gasteiger partial charge in [0, 0.05) is 5.57 Å². The van der Waals surface area contributed by atoms with Gasteiger partial charge in [-0.25, -0.2) is 9.59 Å². The summed E-state index contributed by atoms with van der Waals surface area (Å²) in [5.41, 5.74) is 1.53. The molecule has 0 bridgehead atoms. The number of benzene rings is 1. The van der Waals surface area contributed by atoms with Crippen molar-refractivity contribution in [1.82, 2.24) is 0 Å². The van der Waals surface area contributed by atoms with Crippen LogP contribution in [0, 0.1) is 0 Å². The lowest BCUT2D eigenvalue weighted by Crippen LogP contribution is -2.08. The second kappa shape index (κ2) is 7.36. The molecule has 0 atom stereocenters. The van der Waals surface area contributed by atoms with Crippen molar-refractivity contribution in [1.29, 1.82) is 0 Å². The lowest BCUT2D eigenvalue weighted by molar-refractivity contribution is -0.138. The summed E-state index contributed by atoms with van der Waals surface area (Å²) in [6.45, 7) is 5.79. The number of rotatable bonds is 5. The third kappa shape index (κ3) is 4.25. The molecule has 0 aliphatic rings. The molecule has 0 N–H and O–H groups in total. The first-order valence-corrected chi connectivity index (χ1v) is 6.21. The highest BCUT2D eigenvalue weighted by Gasteiger charge is 2.12. The summed E-state index contributed by atoms with van der Waals surface area (Å²) in [5, 5.41) is 0. The van der Waals surface area contributed by atoms with Crippen LogP contribution in [0.4, 0.5) is 0 Å². The molecule has 1 rings (SSSR count). The Kier molecular flexibility index (Phi) is 5.79. The van der Waals surface area contributed by atoms with Gasteiger partial charge in [-0.2, -0.15) is 0 Å². The summed E-state index contributed by atoms with van der Waals surface area (Å²) in [4.78, 5) is 23.3. The van der Waals surface area contributed by atoms with Crippen molar-refractivity contribution in [2.75, 3.05) is 13.2 Å². The maximum atomic E-state index is 11.8. The molecule has 4 nitrogen and oxygen atoms in total. The highest BCUT2D eigenvalue weighted by Crippen LogP contribution is 2.15. The van der Waals surface area contributed by atoms with Crippen LogP contribution >= 0.6 is 0 Å². The molecular weight excluding hydrogens is 244 g/mol. The van der Waals surface area contributed by atoms with E-state index in [1.807, 2.05) is 0 Å². The van der Waals surface area contributed by atoms with Crippen LogP contribution in [-0.4, -0.2) is 25.2 Å². The molecule has 19 heavy (non-hydrogen) atoms. The largest absolute Gasteiger partial charge is 0.463 e. The fraction of sp³-hybridized carbons (Fsp3) is 0.333. The molecule has 1 aromatic rings.